The predicted molar refractivity (Wildman–Crippen MR) is 101 cm³/mol. The summed E-state index contributed by atoms with van der Waals surface area (Å²) in [6, 6.07) is 20.2. The topological polar surface area (TPSA) is 58.2 Å². The number of benzene rings is 2. The van der Waals surface area contributed by atoms with Crippen LogP contribution < -0.4 is 10.6 Å². The van der Waals surface area contributed by atoms with Gasteiger partial charge in [-0.15, -0.1) is 11.3 Å². The van der Waals surface area contributed by atoms with E-state index in [2.05, 4.69) is 10.6 Å². The van der Waals surface area contributed by atoms with Crippen LogP contribution in [-0.4, -0.2) is 11.8 Å². The van der Waals surface area contributed by atoms with Crippen molar-refractivity contribution in [3.05, 3.63) is 87.6 Å². The van der Waals surface area contributed by atoms with Crippen molar-refractivity contribution in [2.75, 3.05) is 5.32 Å². The number of carbonyl (C=O) groups excluding carboxylic acids is 2. The molecule has 0 fully saturated rings. The van der Waals surface area contributed by atoms with Crippen molar-refractivity contribution >= 4 is 28.8 Å². The van der Waals surface area contributed by atoms with Gasteiger partial charge in [0.05, 0.1) is 11.4 Å². The molecule has 2 amide bonds. The number of para-hydroxylation sites is 1. The molecule has 0 spiro atoms. The summed E-state index contributed by atoms with van der Waals surface area (Å²) in [5, 5.41) is 5.64. The largest absolute Gasteiger partial charge is 0.333 e. The van der Waals surface area contributed by atoms with Gasteiger partial charge in [-0.3, -0.25) is 4.79 Å². The minimum Gasteiger partial charge on any atom is -0.333 e. The second kappa shape index (κ2) is 7.77. The third-order valence-corrected chi connectivity index (χ3v) is 4.82. The molecular weight excluding hydrogens is 332 g/mol. The van der Waals surface area contributed by atoms with Gasteiger partial charge < -0.3 is 10.6 Å². The number of amides is 2. The number of hydrogen-bond acceptors (Lipinski definition) is 3. The molecule has 0 aliphatic rings. The molecule has 0 aliphatic carbocycles. The highest BCUT2D eigenvalue weighted by Gasteiger charge is 2.12. The Hall–Kier alpha value is -2.92. The number of carbonyl (C=O) groups is 2. The first-order chi connectivity index (χ1) is 12.1. The van der Waals surface area contributed by atoms with E-state index in [1.54, 1.807) is 18.2 Å². The van der Waals surface area contributed by atoms with Crippen LogP contribution in [0.1, 0.15) is 25.7 Å². The predicted octanol–water partition coefficient (Wildman–Crippen LogP) is 4.61. The van der Waals surface area contributed by atoms with Crippen LogP contribution >= 0.6 is 11.3 Å². The number of ketones is 1. The minimum absolute atomic E-state index is 0.00112. The Morgan fingerprint density at radius 3 is 2.40 bits per heavy atom. The molecule has 1 aromatic heterocycles. The van der Waals surface area contributed by atoms with E-state index in [1.807, 2.05) is 55.5 Å². The van der Waals surface area contributed by atoms with Crippen molar-refractivity contribution in [2.24, 2.45) is 0 Å². The Bertz CT molecular complexity index is 887. The van der Waals surface area contributed by atoms with Crippen LogP contribution in [0.4, 0.5) is 10.5 Å². The van der Waals surface area contributed by atoms with Gasteiger partial charge in [-0.2, -0.15) is 0 Å². The van der Waals surface area contributed by atoms with Gasteiger partial charge in [0, 0.05) is 16.1 Å². The summed E-state index contributed by atoms with van der Waals surface area (Å²) < 4.78 is 0. The summed E-state index contributed by atoms with van der Waals surface area (Å²) in [5.74, 6) is 0.00112. The van der Waals surface area contributed by atoms with Gasteiger partial charge in [-0.1, -0.05) is 48.5 Å². The smallest absolute Gasteiger partial charge is 0.319 e. The summed E-state index contributed by atoms with van der Waals surface area (Å²) in [4.78, 5) is 26.0. The first-order valence-corrected chi connectivity index (χ1v) is 8.74. The van der Waals surface area contributed by atoms with Crippen LogP contribution in [0, 0.1) is 6.92 Å². The molecule has 0 saturated carbocycles. The van der Waals surface area contributed by atoms with E-state index in [0.717, 1.165) is 16.1 Å². The molecular formula is C20H18N2O2S. The zero-order valence-electron chi connectivity index (χ0n) is 13.8. The second-order valence-electron chi connectivity index (χ2n) is 5.58. The summed E-state index contributed by atoms with van der Waals surface area (Å²) in [6.45, 7) is 2.32. The van der Waals surface area contributed by atoms with E-state index in [1.165, 1.54) is 11.3 Å². The Morgan fingerprint density at radius 1 is 0.920 bits per heavy atom. The maximum Gasteiger partial charge on any atom is 0.319 e. The van der Waals surface area contributed by atoms with Gasteiger partial charge >= 0.3 is 6.03 Å². The highest BCUT2D eigenvalue weighted by atomic mass is 32.1. The fourth-order valence-corrected chi connectivity index (χ4v) is 3.28. The maximum absolute atomic E-state index is 12.4. The fourth-order valence-electron chi connectivity index (χ4n) is 2.37. The number of nitrogens with one attached hydrogen (secondary N) is 2. The lowest BCUT2D eigenvalue weighted by molar-refractivity contribution is 0.104. The number of thiophene rings is 1. The van der Waals surface area contributed by atoms with Crippen LogP contribution in [0.5, 0.6) is 0 Å². The molecule has 0 atom stereocenters. The van der Waals surface area contributed by atoms with Gasteiger partial charge in [-0.05, 0) is 30.7 Å². The zero-order chi connectivity index (χ0) is 17.6. The molecule has 0 bridgehead atoms. The average molecular weight is 350 g/mol. The standard InChI is InChI=1S/C20H18N2O2S/c1-14-7-5-6-10-17(14)22-20(24)21-13-16-11-12-18(25-16)19(23)15-8-3-2-4-9-15/h2-12H,13H2,1H3,(H2,21,22,24). The molecule has 0 aliphatic heterocycles. The lowest BCUT2D eigenvalue weighted by atomic mass is 10.1. The Kier molecular flexibility index (Phi) is 5.26. The first kappa shape index (κ1) is 16.9. The van der Waals surface area contributed by atoms with Crippen LogP contribution in [0.15, 0.2) is 66.7 Å². The molecule has 0 unspecified atom stereocenters. The molecule has 5 heteroatoms. The van der Waals surface area contributed by atoms with E-state index in [-0.39, 0.29) is 11.8 Å². The molecule has 3 aromatic rings. The molecule has 4 nitrogen and oxygen atoms in total. The van der Waals surface area contributed by atoms with Crippen LogP contribution in [0.3, 0.4) is 0 Å². The Morgan fingerprint density at radius 2 is 1.64 bits per heavy atom. The molecule has 0 saturated heterocycles. The monoisotopic (exact) mass is 350 g/mol. The lowest BCUT2D eigenvalue weighted by Crippen LogP contribution is -2.28. The zero-order valence-corrected chi connectivity index (χ0v) is 14.6. The van der Waals surface area contributed by atoms with E-state index in [9.17, 15) is 9.59 Å². The number of anilines is 1. The molecule has 0 radical (unpaired) electrons. The van der Waals surface area contributed by atoms with Gasteiger partial charge in [0.25, 0.3) is 0 Å². The van der Waals surface area contributed by atoms with Crippen LogP contribution in [-0.2, 0) is 6.54 Å². The van der Waals surface area contributed by atoms with E-state index >= 15 is 0 Å². The SMILES string of the molecule is Cc1ccccc1NC(=O)NCc1ccc(C(=O)c2ccccc2)s1. The van der Waals surface area contributed by atoms with Crippen molar-refractivity contribution in [3.63, 3.8) is 0 Å². The van der Waals surface area contributed by atoms with E-state index in [4.69, 9.17) is 0 Å². The molecule has 2 N–H and O–H groups in total. The summed E-state index contributed by atoms with van der Waals surface area (Å²) >= 11 is 1.40. The van der Waals surface area contributed by atoms with Crippen molar-refractivity contribution < 1.29 is 9.59 Å². The van der Waals surface area contributed by atoms with Gasteiger partial charge in [0.2, 0.25) is 5.78 Å². The van der Waals surface area contributed by atoms with E-state index < -0.39 is 0 Å². The normalized spacial score (nSPS) is 10.3. The fraction of sp³-hybridized carbons (Fsp3) is 0.100. The maximum atomic E-state index is 12.4. The number of hydrogen-bond donors (Lipinski definition) is 2. The van der Waals surface area contributed by atoms with Gasteiger partial charge in [0.15, 0.2) is 0 Å². The molecule has 25 heavy (non-hydrogen) atoms. The molecule has 3 rings (SSSR count). The van der Waals surface area contributed by atoms with Crippen molar-refractivity contribution in [3.8, 4) is 0 Å². The lowest BCUT2D eigenvalue weighted by Gasteiger charge is -2.08. The molecule has 1 heterocycles. The van der Waals surface area contributed by atoms with Gasteiger partial charge in [-0.25, -0.2) is 4.79 Å². The van der Waals surface area contributed by atoms with Crippen LogP contribution in [0.25, 0.3) is 0 Å². The Labute approximate surface area is 150 Å². The Balaban J connectivity index is 1.58. The van der Waals surface area contributed by atoms with Crippen molar-refractivity contribution in [2.45, 2.75) is 13.5 Å². The quantitative estimate of drug-likeness (QED) is 0.660. The number of rotatable bonds is 5. The highest BCUT2D eigenvalue weighted by Crippen LogP contribution is 2.20. The number of urea groups is 1. The molecule has 2 aromatic carbocycles. The van der Waals surface area contributed by atoms with Crippen molar-refractivity contribution in [1.82, 2.24) is 5.32 Å². The summed E-state index contributed by atoms with van der Waals surface area (Å²) in [6.07, 6.45) is 0. The van der Waals surface area contributed by atoms with Gasteiger partial charge in [0.1, 0.15) is 0 Å². The first-order valence-electron chi connectivity index (χ1n) is 7.92. The third-order valence-electron chi connectivity index (χ3n) is 3.74. The summed E-state index contributed by atoms with van der Waals surface area (Å²) in [7, 11) is 0. The summed E-state index contributed by atoms with van der Waals surface area (Å²) in [5.41, 5.74) is 2.46. The third kappa shape index (κ3) is 4.33. The average Bonchev–Trinajstić information content (AvgIpc) is 3.11. The number of aryl methyl sites for hydroxylation is 1. The van der Waals surface area contributed by atoms with Crippen molar-refractivity contribution in [1.29, 1.82) is 0 Å². The van der Waals surface area contributed by atoms with Crippen LogP contribution in [0.2, 0.25) is 0 Å². The minimum atomic E-state index is -0.265. The van der Waals surface area contributed by atoms with E-state index in [0.29, 0.717) is 17.0 Å². The molecule has 126 valence electrons. The highest BCUT2D eigenvalue weighted by molar-refractivity contribution is 7.14. The second-order valence-corrected chi connectivity index (χ2v) is 6.75.